The van der Waals surface area contributed by atoms with Gasteiger partial charge in [0, 0.05) is 11.9 Å². The van der Waals surface area contributed by atoms with E-state index < -0.39 is 0 Å². The molecule has 0 aliphatic rings. The molecule has 2 N–H and O–H groups in total. The Morgan fingerprint density at radius 2 is 1.96 bits per heavy atom. The first-order valence-electron chi connectivity index (χ1n) is 7.77. The molecule has 1 aromatic carbocycles. The predicted molar refractivity (Wildman–Crippen MR) is 112 cm³/mol. The van der Waals surface area contributed by atoms with Gasteiger partial charge in [0.1, 0.15) is 17.7 Å². The van der Waals surface area contributed by atoms with Crippen molar-refractivity contribution in [3.05, 3.63) is 45.7 Å². The first-order chi connectivity index (χ1) is 11.5. The number of aromatic nitrogens is 1. The average Bonchev–Trinajstić information content (AvgIpc) is 2.87. The number of rotatable bonds is 6. The Morgan fingerprint density at radius 3 is 2.52 bits per heavy atom. The maximum absolute atomic E-state index is 12.9. The van der Waals surface area contributed by atoms with E-state index in [1.807, 2.05) is 20.8 Å². The highest BCUT2D eigenvalue weighted by Crippen LogP contribution is 2.16. The number of aliphatic imine (C=N–C) groups is 1. The number of nitrogens with zero attached hydrogens (tertiary/aromatic N) is 2. The molecule has 8 heteroatoms. The zero-order valence-electron chi connectivity index (χ0n) is 14.8. The monoisotopic (exact) mass is 478 g/mol. The Bertz CT molecular complexity index is 690. The maximum atomic E-state index is 12.9. The second-order valence-electron chi connectivity index (χ2n) is 5.43. The third-order valence-corrected chi connectivity index (χ3v) is 4.42. The molecule has 1 aromatic heterocycles. The minimum Gasteiger partial charge on any atom is -0.489 e. The number of benzene rings is 1. The van der Waals surface area contributed by atoms with E-state index in [0.29, 0.717) is 24.8 Å². The number of nitrogens with one attached hydrogen (secondary N) is 2. The summed E-state index contributed by atoms with van der Waals surface area (Å²) in [5.41, 5.74) is 1.05. The minimum atomic E-state index is -0.272. The average molecular weight is 478 g/mol. The van der Waals surface area contributed by atoms with Gasteiger partial charge in [-0.15, -0.1) is 35.3 Å². The number of thiazole rings is 1. The first-order valence-corrected chi connectivity index (χ1v) is 8.59. The summed E-state index contributed by atoms with van der Waals surface area (Å²) in [4.78, 5) is 9.82. The zero-order chi connectivity index (χ0) is 17.5. The molecule has 0 saturated carbocycles. The fourth-order valence-electron chi connectivity index (χ4n) is 2.15. The van der Waals surface area contributed by atoms with E-state index in [2.05, 4.69) is 20.6 Å². The molecule has 1 atom stereocenters. The standard InChI is InChI=1S/C17H23FN4OS.HI/c1-11(23-15-7-5-14(18)6-8-15)9-20-17(19-4)21-10-16-12(2)22-13(3)24-16;/h5-8,11H,9-10H2,1-4H3,(H2,19,20,21);1H. The Hall–Kier alpha value is -1.42. The Morgan fingerprint density at radius 1 is 1.28 bits per heavy atom. The van der Waals surface area contributed by atoms with Crippen LogP contribution in [-0.2, 0) is 6.54 Å². The second kappa shape index (κ2) is 10.5. The maximum Gasteiger partial charge on any atom is 0.191 e. The van der Waals surface area contributed by atoms with Gasteiger partial charge in [0.15, 0.2) is 5.96 Å². The highest BCUT2D eigenvalue weighted by atomic mass is 127. The van der Waals surface area contributed by atoms with Crippen molar-refractivity contribution in [3.8, 4) is 5.75 Å². The summed E-state index contributed by atoms with van der Waals surface area (Å²) < 4.78 is 18.6. The second-order valence-corrected chi connectivity index (χ2v) is 6.72. The fraction of sp³-hybridized carbons (Fsp3) is 0.412. The molecule has 0 radical (unpaired) electrons. The van der Waals surface area contributed by atoms with Crippen LogP contribution in [-0.4, -0.2) is 30.6 Å². The number of aryl methyl sites for hydroxylation is 2. The fourth-order valence-corrected chi connectivity index (χ4v) is 3.03. The van der Waals surface area contributed by atoms with Gasteiger partial charge in [-0.1, -0.05) is 0 Å². The summed E-state index contributed by atoms with van der Waals surface area (Å²) in [6.07, 6.45) is -0.0820. The van der Waals surface area contributed by atoms with Crippen LogP contribution in [0.15, 0.2) is 29.3 Å². The molecule has 138 valence electrons. The Labute approximate surface area is 169 Å². The van der Waals surface area contributed by atoms with Crippen molar-refractivity contribution in [2.24, 2.45) is 4.99 Å². The molecule has 0 aliphatic carbocycles. The molecule has 25 heavy (non-hydrogen) atoms. The van der Waals surface area contributed by atoms with Gasteiger partial charge in [-0.25, -0.2) is 9.37 Å². The molecule has 1 heterocycles. The quantitative estimate of drug-likeness (QED) is 0.378. The molecule has 2 rings (SSSR count). The summed E-state index contributed by atoms with van der Waals surface area (Å²) in [5.74, 6) is 1.07. The third kappa shape index (κ3) is 7.15. The van der Waals surface area contributed by atoms with Crippen LogP contribution in [0.5, 0.6) is 5.75 Å². The molecular formula is C17H24FIN4OS. The van der Waals surface area contributed by atoms with Crippen LogP contribution in [0.2, 0.25) is 0 Å². The van der Waals surface area contributed by atoms with Gasteiger partial charge in [-0.3, -0.25) is 4.99 Å². The van der Waals surface area contributed by atoms with Crippen molar-refractivity contribution in [1.29, 1.82) is 0 Å². The Balaban J connectivity index is 0.00000312. The molecule has 0 amide bonds. The van der Waals surface area contributed by atoms with Gasteiger partial charge in [0.25, 0.3) is 0 Å². The van der Waals surface area contributed by atoms with E-state index in [1.54, 1.807) is 30.5 Å². The van der Waals surface area contributed by atoms with Crippen molar-refractivity contribution >= 4 is 41.3 Å². The smallest absolute Gasteiger partial charge is 0.191 e. The molecule has 0 aliphatic heterocycles. The molecule has 0 bridgehead atoms. The number of hydrogen-bond acceptors (Lipinski definition) is 4. The van der Waals surface area contributed by atoms with E-state index >= 15 is 0 Å². The van der Waals surface area contributed by atoms with Crippen LogP contribution < -0.4 is 15.4 Å². The predicted octanol–water partition coefficient (Wildman–Crippen LogP) is 3.65. The van der Waals surface area contributed by atoms with Crippen molar-refractivity contribution in [3.63, 3.8) is 0 Å². The lowest BCUT2D eigenvalue weighted by Gasteiger charge is -2.17. The van der Waals surface area contributed by atoms with Gasteiger partial charge >= 0.3 is 0 Å². The molecule has 0 fully saturated rings. The van der Waals surface area contributed by atoms with Gasteiger partial charge < -0.3 is 15.4 Å². The lowest BCUT2D eigenvalue weighted by Crippen LogP contribution is -2.41. The number of ether oxygens (including phenoxy) is 1. The number of hydrogen-bond donors (Lipinski definition) is 2. The normalized spacial score (nSPS) is 12.3. The van der Waals surface area contributed by atoms with Crippen LogP contribution in [0.3, 0.4) is 0 Å². The van der Waals surface area contributed by atoms with Gasteiger partial charge in [-0.05, 0) is 45.0 Å². The van der Waals surface area contributed by atoms with Crippen molar-refractivity contribution < 1.29 is 9.13 Å². The van der Waals surface area contributed by atoms with Crippen LogP contribution in [0.1, 0.15) is 22.5 Å². The van der Waals surface area contributed by atoms with Crippen LogP contribution >= 0.6 is 35.3 Å². The van der Waals surface area contributed by atoms with E-state index in [0.717, 1.165) is 10.7 Å². The highest BCUT2D eigenvalue weighted by molar-refractivity contribution is 14.0. The van der Waals surface area contributed by atoms with Gasteiger partial charge in [0.2, 0.25) is 0 Å². The van der Waals surface area contributed by atoms with E-state index in [9.17, 15) is 4.39 Å². The molecule has 5 nitrogen and oxygen atoms in total. The number of guanidine groups is 1. The lowest BCUT2D eigenvalue weighted by atomic mass is 10.3. The van der Waals surface area contributed by atoms with Gasteiger partial charge in [0.05, 0.1) is 23.8 Å². The first kappa shape index (κ1) is 21.6. The number of halogens is 2. The molecule has 1 unspecified atom stereocenters. The van der Waals surface area contributed by atoms with Crippen molar-refractivity contribution in [2.75, 3.05) is 13.6 Å². The largest absolute Gasteiger partial charge is 0.489 e. The van der Waals surface area contributed by atoms with E-state index in [4.69, 9.17) is 4.74 Å². The van der Waals surface area contributed by atoms with Crippen LogP contribution in [0, 0.1) is 19.7 Å². The zero-order valence-corrected chi connectivity index (χ0v) is 17.9. The Kier molecular flexibility index (Phi) is 9.12. The molecule has 0 spiro atoms. The third-order valence-electron chi connectivity index (χ3n) is 3.35. The molecule has 0 saturated heterocycles. The summed E-state index contributed by atoms with van der Waals surface area (Å²) in [5, 5.41) is 7.56. The highest BCUT2D eigenvalue weighted by Gasteiger charge is 2.08. The summed E-state index contributed by atoms with van der Waals surface area (Å²) in [6, 6.07) is 6.01. The van der Waals surface area contributed by atoms with E-state index in [1.165, 1.54) is 17.0 Å². The molecule has 2 aromatic rings. The minimum absolute atomic E-state index is 0. The van der Waals surface area contributed by atoms with Crippen molar-refractivity contribution in [1.82, 2.24) is 15.6 Å². The SMILES string of the molecule is CN=C(NCc1sc(C)nc1C)NCC(C)Oc1ccc(F)cc1.I. The van der Waals surface area contributed by atoms with E-state index in [-0.39, 0.29) is 35.9 Å². The van der Waals surface area contributed by atoms with Gasteiger partial charge in [-0.2, -0.15) is 0 Å². The summed E-state index contributed by atoms with van der Waals surface area (Å²) in [6.45, 7) is 7.22. The van der Waals surface area contributed by atoms with Crippen LogP contribution in [0.25, 0.3) is 0 Å². The lowest BCUT2D eigenvalue weighted by molar-refractivity contribution is 0.223. The van der Waals surface area contributed by atoms with Crippen molar-refractivity contribution in [2.45, 2.75) is 33.4 Å². The summed E-state index contributed by atoms with van der Waals surface area (Å²) >= 11 is 1.68. The topological polar surface area (TPSA) is 58.5 Å². The summed E-state index contributed by atoms with van der Waals surface area (Å²) in [7, 11) is 1.73. The molecular weight excluding hydrogens is 454 g/mol. The van der Waals surface area contributed by atoms with Crippen LogP contribution in [0.4, 0.5) is 4.39 Å².